The Kier molecular flexibility index (Phi) is 7.82. The van der Waals surface area contributed by atoms with Gasteiger partial charge in [0, 0.05) is 12.1 Å². The number of hydrogen-bond acceptors (Lipinski definition) is 4. The van der Waals surface area contributed by atoms with E-state index in [0.717, 1.165) is 17.5 Å². The predicted molar refractivity (Wildman–Crippen MR) is 105 cm³/mol. The normalized spacial score (nSPS) is 10.3. The Morgan fingerprint density at radius 3 is 2.11 bits per heavy atom. The number of rotatable bonds is 8. The van der Waals surface area contributed by atoms with E-state index in [2.05, 4.69) is 5.32 Å². The molecule has 2 amide bonds. The molecule has 0 saturated heterocycles. The SMILES string of the molecule is CCCOC(=O)Nc1ccc(Cc2ccc(N(O)C(=O)CCC)cc2)cc1. The third kappa shape index (κ3) is 6.42. The van der Waals surface area contributed by atoms with Gasteiger partial charge in [0.25, 0.3) is 5.91 Å². The monoisotopic (exact) mass is 370 g/mol. The van der Waals surface area contributed by atoms with Crippen molar-refractivity contribution >= 4 is 23.4 Å². The highest BCUT2D eigenvalue weighted by molar-refractivity contribution is 5.90. The first-order chi connectivity index (χ1) is 13.0. The van der Waals surface area contributed by atoms with Crippen LogP contribution in [0.2, 0.25) is 0 Å². The van der Waals surface area contributed by atoms with Gasteiger partial charge in [-0.2, -0.15) is 5.06 Å². The Balaban J connectivity index is 1.93. The van der Waals surface area contributed by atoms with Crippen LogP contribution in [0.1, 0.15) is 44.2 Å². The lowest BCUT2D eigenvalue weighted by molar-refractivity contribution is -0.123. The minimum atomic E-state index is -0.452. The van der Waals surface area contributed by atoms with Crippen LogP contribution in [0, 0.1) is 0 Å². The van der Waals surface area contributed by atoms with Crippen LogP contribution in [0.3, 0.4) is 0 Å². The number of amides is 2. The first-order valence-electron chi connectivity index (χ1n) is 9.17. The highest BCUT2D eigenvalue weighted by atomic mass is 16.5. The van der Waals surface area contributed by atoms with Crippen molar-refractivity contribution in [2.24, 2.45) is 0 Å². The molecule has 0 heterocycles. The first kappa shape index (κ1) is 20.5. The number of hydroxylamine groups is 1. The number of carbonyl (C=O) groups is 2. The Hall–Kier alpha value is -2.86. The standard InChI is InChI=1S/C21H26N2O4/c1-3-5-20(24)23(26)19-12-8-17(9-13-19)15-16-6-10-18(11-7-16)22-21(25)27-14-4-2/h6-13,26H,3-5,14-15H2,1-2H3,(H,22,25). The van der Waals surface area contributed by atoms with Crippen LogP contribution >= 0.6 is 0 Å². The number of nitrogens with zero attached hydrogens (tertiary/aromatic N) is 1. The Morgan fingerprint density at radius 1 is 0.963 bits per heavy atom. The molecule has 0 saturated carbocycles. The Labute approximate surface area is 159 Å². The summed E-state index contributed by atoms with van der Waals surface area (Å²) in [5.41, 5.74) is 3.28. The van der Waals surface area contributed by atoms with Gasteiger partial charge in [-0.05, 0) is 54.7 Å². The lowest BCUT2D eigenvalue weighted by atomic mass is 10.0. The lowest BCUT2D eigenvalue weighted by Crippen LogP contribution is -2.26. The second kappa shape index (κ2) is 10.3. The van der Waals surface area contributed by atoms with E-state index in [-0.39, 0.29) is 5.91 Å². The van der Waals surface area contributed by atoms with E-state index in [1.807, 2.05) is 50.2 Å². The fourth-order valence-corrected chi connectivity index (χ4v) is 2.51. The maximum atomic E-state index is 11.7. The molecule has 27 heavy (non-hydrogen) atoms. The van der Waals surface area contributed by atoms with Crippen molar-refractivity contribution in [3.63, 3.8) is 0 Å². The highest BCUT2D eigenvalue weighted by Crippen LogP contribution is 2.18. The summed E-state index contributed by atoms with van der Waals surface area (Å²) in [5, 5.41) is 13.3. The number of ether oxygens (including phenoxy) is 1. The van der Waals surface area contributed by atoms with Gasteiger partial charge in [-0.3, -0.25) is 15.3 Å². The van der Waals surface area contributed by atoms with Crippen molar-refractivity contribution in [1.82, 2.24) is 0 Å². The molecule has 0 aliphatic rings. The van der Waals surface area contributed by atoms with Crippen LogP contribution < -0.4 is 10.4 Å². The van der Waals surface area contributed by atoms with Crippen LogP contribution in [0.25, 0.3) is 0 Å². The molecule has 0 aliphatic carbocycles. The second-order valence-electron chi connectivity index (χ2n) is 6.26. The molecule has 6 heteroatoms. The molecule has 0 unspecified atom stereocenters. The fraction of sp³-hybridized carbons (Fsp3) is 0.333. The van der Waals surface area contributed by atoms with Crippen LogP contribution in [0.15, 0.2) is 48.5 Å². The third-order valence-electron chi connectivity index (χ3n) is 3.93. The van der Waals surface area contributed by atoms with E-state index in [4.69, 9.17) is 4.74 Å². The van der Waals surface area contributed by atoms with Crippen molar-refractivity contribution in [3.8, 4) is 0 Å². The summed E-state index contributed by atoms with van der Waals surface area (Å²) < 4.78 is 4.99. The average Bonchev–Trinajstić information content (AvgIpc) is 2.68. The molecule has 0 radical (unpaired) electrons. The molecule has 2 N–H and O–H groups in total. The zero-order chi connectivity index (χ0) is 19.6. The van der Waals surface area contributed by atoms with Gasteiger partial charge in [0.15, 0.2) is 0 Å². The molecule has 144 valence electrons. The highest BCUT2D eigenvalue weighted by Gasteiger charge is 2.11. The summed E-state index contributed by atoms with van der Waals surface area (Å²) in [5.74, 6) is -0.314. The number of anilines is 2. The van der Waals surface area contributed by atoms with Gasteiger partial charge in [-0.25, -0.2) is 4.79 Å². The van der Waals surface area contributed by atoms with Gasteiger partial charge in [0.1, 0.15) is 0 Å². The topological polar surface area (TPSA) is 78.9 Å². The van der Waals surface area contributed by atoms with Gasteiger partial charge in [0.2, 0.25) is 0 Å². The van der Waals surface area contributed by atoms with Gasteiger partial charge in [0.05, 0.1) is 12.3 Å². The third-order valence-corrected chi connectivity index (χ3v) is 3.93. The molecular weight excluding hydrogens is 344 g/mol. The van der Waals surface area contributed by atoms with Crippen molar-refractivity contribution in [1.29, 1.82) is 0 Å². The summed E-state index contributed by atoms with van der Waals surface area (Å²) >= 11 is 0. The average molecular weight is 370 g/mol. The van der Waals surface area contributed by atoms with E-state index in [1.165, 1.54) is 0 Å². The quantitative estimate of drug-likeness (QED) is 0.519. The summed E-state index contributed by atoms with van der Waals surface area (Å²) in [7, 11) is 0. The molecule has 6 nitrogen and oxygen atoms in total. The van der Waals surface area contributed by atoms with Crippen LogP contribution in [-0.4, -0.2) is 23.8 Å². The summed E-state index contributed by atoms with van der Waals surface area (Å²) in [6.07, 6.45) is 2.03. The number of benzene rings is 2. The Morgan fingerprint density at radius 2 is 1.56 bits per heavy atom. The van der Waals surface area contributed by atoms with Crippen LogP contribution in [0.5, 0.6) is 0 Å². The van der Waals surface area contributed by atoms with E-state index in [9.17, 15) is 14.8 Å². The van der Waals surface area contributed by atoms with Gasteiger partial charge in [-0.1, -0.05) is 38.1 Å². The van der Waals surface area contributed by atoms with E-state index in [1.54, 1.807) is 12.1 Å². The van der Waals surface area contributed by atoms with Crippen molar-refractivity contribution in [2.75, 3.05) is 17.0 Å². The van der Waals surface area contributed by atoms with Gasteiger partial charge in [-0.15, -0.1) is 0 Å². The predicted octanol–water partition coefficient (Wildman–Crippen LogP) is 4.76. The largest absolute Gasteiger partial charge is 0.449 e. The minimum Gasteiger partial charge on any atom is -0.449 e. The van der Waals surface area contributed by atoms with Crippen molar-refractivity contribution in [2.45, 2.75) is 39.5 Å². The Bertz CT molecular complexity index is 742. The molecule has 0 aromatic heterocycles. The van der Waals surface area contributed by atoms with Crippen LogP contribution in [0.4, 0.5) is 16.2 Å². The number of hydrogen-bond donors (Lipinski definition) is 2. The molecule has 0 bridgehead atoms. The van der Waals surface area contributed by atoms with E-state index >= 15 is 0 Å². The molecule has 0 fully saturated rings. The first-order valence-corrected chi connectivity index (χ1v) is 9.17. The molecule has 0 aliphatic heterocycles. The van der Waals surface area contributed by atoms with E-state index in [0.29, 0.717) is 42.3 Å². The molecule has 2 aromatic rings. The maximum absolute atomic E-state index is 11.7. The second-order valence-corrected chi connectivity index (χ2v) is 6.26. The fourth-order valence-electron chi connectivity index (χ4n) is 2.51. The zero-order valence-corrected chi connectivity index (χ0v) is 15.8. The lowest BCUT2D eigenvalue weighted by Gasteiger charge is -2.15. The smallest absolute Gasteiger partial charge is 0.411 e. The summed E-state index contributed by atoms with van der Waals surface area (Å²) in [6.45, 7) is 4.23. The number of carbonyl (C=O) groups excluding carboxylic acids is 2. The number of nitrogens with one attached hydrogen (secondary N) is 1. The van der Waals surface area contributed by atoms with E-state index < -0.39 is 6.09 Å². The summed E-state index contributed by atoms with van der Waals surface area (Å²) in [6, 6.07) is 14.7. The van der Waals surface area contributed by atoms with Crippen LogP contribution in [-0.2, 0) is 16.0 Å². The molecule has 0 spiro atoms. The van der Waals surface area contributed by atoms with Crippen molar-refractivity contribution < 1.29 is 19.5 Å². The van der Waals surface area contributed by atoms with Crippen molar-refractivity contribution in [3.05, 3.63) is 59.7 Å². The zero-order valence-electron chi connectivity index (χ0n) is 15.8. The molecule has 2 rings (SSSR count). The molecular formula is C21H26N2O4. The van der Waals surface area contributed by atoms with Gasteiger partial charge >= 0.3 is 6.09 Å². The van der Waals surface area contributed by atoms with Gasteiger partial charge < -0.3 is 4.74 Å². The molecule has 0 atom stereocenters. The molecule has 2 aromatic carbocycles. The summed E-state index contributed by atoms with van der Waals surface area (Å²) in [4.78, 5) is 23.3. The minimum absolute atomic E-state index is 0.310. The maximum Gasteiger partial charge on any atom is 0.411 e.